The van der Waals surface area contributed by atoms with E-state index < -0.39 is 0 Å². The van der Waals surface area contributed by atoms with Crippen molar-refractivity contribution in [1.29, 1.82) is 0 Å². The molecule has 0 aromatic heterocycles. The van der Waals surface area contributed by atoms with Crippen molar-refractivity contribution in [2.75, 3.05) is 6.61 Å². The lowest BCUT2D eigenvalue weighted by Crippen LogP contribution is -2.19. The summed E-state index contributed by atoms with van der Waals surface area (Å²) in [6.45, 7) is 6.77. The Morgan fingerprint density at radius 3 is 2.20 bits per heavy atom. The standard InChI is InChI=1S/C16H24N2O2/c1-4-7-14(8-5-2)17-18-16(19)13-9-11-15(12-10-13)20-6-3/h9-12H,4-8H2,1-3H3,(H,18,19). The van der Waals surface area contributed by atoms with Crippen molar-refractivity contribution in [2.45, 2.75) is 46.5 Å². The Morgan fingerprint density at radius 2 is 1.70 bits per heavy atom. The van der Waals surface area contributed by atoms with Gasteiger partial charge in [-0.3, -0.25) is 4.79 Å². The molecular weight excluding hydrogens is 252 g/mol. The molecule has 0 aliphatic heterocycles. The van der Waals surface area contributed by atoms with Crippen molar-refractivity contribution in [1.82, 2.24) is 5.43 Å². The third-order valence-electron chi connectivity index (χ3n) is 2.82. The lowest BCUT2D eigenvalue weighted by atomic mass is 10.1. The molecule has 20 heavy (non-hydrogen) atoms. The number of ether oxygens (including phenoxy) is 1. The fourth-order valence-electron chi connectivity index (χ4n) is 1.88. The highest BCUT2D eigenvalue weighted by atomic mass is 16.5. The molecule has 110 valence electrons. The minimum Gasteiger partial charge on any atom is -0.494 e. The van der Waals surface area contributed by atoms with E-state index in [9.17, 15) is 4.79 Å². The molecule has 1 aromatic carbocycles. The van der Waals surface area contributed by atoms with E-state index in [4.69, 9.17) is 4.74 Å². The summed E-state index contributed by atoms with van der Waals surface area (Å²) < 4.78 is 5.34. The molecule has 1 N–H and O–H groups in total. The molecule has 0 heterocycles. The maximum Gasteiger partial charge on any atom is 0.271 e. The van der Waals surface area contributed by atoms with Crippen molar-refractivity contribution in [2.24, 2.45) is 5.10 Å². The Balaban J connectivity index is 2.62. The summed E-state index contributed by atoms with van der Waals surface area (Å²) in [4.78, 5) is 12.0. The van der Waals surface area contributed by atoms with Crippen LogP contribution in [-0.2, 0) is 0 Å². The van der Waals surface area contributed by atoms with Crippen LogP contribution in [0.2, 0.25) is 0 Å². The molecule has 0 radical (unpaired) electrons. The van der Waals surface area contributed by atoms with Crippen LogP contribution in [0.4, 0.5) is 0 Å². The molecule has 1 rings (SSSR count). The molecule has 0 saturated carbocycles. The highest BCUT2D eigenvalue weighted by Crippen LogP contribution is 2.12. The predicted octanol–water partition coefficient (Wildman–Crippen LogP) is 3.77. The number of benzene rings is 1. The van der Waals surface area contributed by atoms with Gasteiger partial charge in [0.1, 0.15) is 5.75 Å². The van der Waals surface area contributed by atoms with Gasteiger partial charge in [0.05, 0.1) is 6.61 Å². The van der Waals surface area contributed by atoms with Crippen molar-refractivity contribution in [3.8, 4) is 5.75 Å². The normalized spacial score (nSPS) is 9.95. The molecule has 1 aromatic rings. The summed E-state index contributed by atoms with van der Waals surface area (Å²) in [6, 6.07) is 7.08. The van der Waals surface area contributed by atoms with Gasteiger partial charge in [0, 0.05) is 11.3 Å². The van der Waals surface area contributed by atoms with Gasteiger partial charge in [-0.1, -0.05) is 26.7 Å². The maximum absolute atomic E-state index is 12.0. The van der Waals surface area contributed by atoms with E-state index in [0.717, 1.165) is 37.1 Å². The molecule has 0 atom stereocenters. The number of hydrogen-bond acceptors (Lipinski definition) is 3. The van der Waals surface area contributed by atoms with Gasteiger partial charge in [0.2, 0.25) is 0 Å². The van der Waals surface area contributed by atoms with Crippen LogP contribution in [0.3, 0.4) is 0 Å². The number of rotatable bonds is 8. The minimum absolute atomic E-state index is 0.183. The first-order valence-electron chi connectivity index (χ1n) is 7.29. The van der Waals surface area contributed by atoms with Gasteiger partial charge < -0.3 is 4.74 Å². The quantitative estimate of drug-likeness (QED) is 0.580. The average Bonchev–Trinajstić information content (AvgIpc) is 2.46. The summed E-state index contributed by atoms with van der Waals surface area (Å²) in [6.07, 6.45) is 3.93. The van der Waals surface area contributed by atoms with Gasteiger partial charge in [-0.05, 0) is 44.0 Å². The lowest BCUT2D eigenvalue weighted by Gasteiger charge is -2.06. The summed E-state index contributed by atoms with van der Waals surface area (Å²) in [7, 11) is 0. The van der Waals surface area contributed by atoms with E-state index in [2.05, 4.69) is 24.4 Å². The third kappa shape index (κ3) is 5.43. The summed E-state index contributed by atoms with van der Waals surface area (Å²) in [5.74, 6) is 0.586. The molecule has 0 aliphatic rings. The molecule has 1 amide bonds. The molecule has 0 spiro atoms. The van der Waals surface area contributed by atoms with E-state index in [1.807, 2.05) is 6.92 Å². The molecule has 4 nitrogen and oxygen atoms in total. The Bertz CT molecular complexity index is 430. The van der Waals surface area contributed by atoms with Crippen molar-refractivity contribution in [3.63, 3.8) is 0 Å². The fourth-order valence-corrected chi connectivity index (χ4v) is 1.88. The van der Waals surface area contributed by atoms with Crippen LogP contribution >= 0.6 is 0 Å². The van der Waals surface area contributed by atoms with Crippen molar-refractivity contribution >= 4 is 11.6 Å². The molecule has 0 aliphatic carbocycles. The third-order valence-corrected chi connectivity index (χ3v) is 2.82. The number of nitrogens with zero attached hydrogens (tertiary/aromatic N) is 1. The Hall–Kier alpha value is -1.84. The maximum atomic E-state index is 12.0. The van der Waals surface area contributed by atoms with Crippen molar-refractivity contribution in [3.05, 3.63) is 29.8 Å². The molecule has 4 heteroatoms. The molecule has 0 bridgehead atoms. The lowest BCUT2D eigenvalue weighted by molar-refractivity contribution is 0.0954. The van der Waals surface area contributed by atoms with Gasteiger partial charge in [-0.25, -0.2) is 5.43 Å². The summed E-state index contributed by atoms with van der Waals surface area (Å²) in [5, 5.41) is 4.22. The van der Waals surface area contributed by atoms with Gasteiger partial charge >= 0.3 is 0 Å². The first-order chi connectivity index (χ1) is 9.71. The van der Waals surface area contributed by atoms with Crippen LogP contribution in [0, 0.1) is 0 Å². The zero-order valence-electron chi connectivity index (χ0n) is 12.6. The van der Waals surface area contributed by atoms with Crippen LogP contribution in [0.5, 0.6) is 5.75 Å². The molecular formula is C16H24N2O2. The summed E-state index contributed by atoms with van der Waals surface area (Å²) >= 11 is 0. The van der Waals surface area contributed by atoms with Crippen LogP contribution in [0.15, 0.2) is 29.4 Å². The number of amides is 1. The second kappa shape index (κ2) is 9.13. The Morgan fingerprint density at radius 1 is 1.10 bits per heavy atom. The highest BCUT2D eigenvalue weighted by molar-refractivity contribution is 5.95. The van der Waals surface area contributed by atoms with E-state index >= 15 is 0 Å². The van der Waals surface area contributed by atoms with E-state index in [-0.39, 0.29) is 5.91 Å². The van der Waals surface area contributed by atoms with E-state index in [1.165, 1.54) is 0 Å². The van der Waals surface area contributed by atoms with Gasteiger partial charge in [-0.15, -0.1) is 0 Å². The largest absolute Gasteiger partial charge is 0.494 e. The summed E-state index contributed by atoms with van der Waals surface area (Å²) in [5.41, 5.74) is 4.27. The van der Waals surface area contributed by atoms with Crippen LogP contribution in [0.25, 0.3) is 0 Å². The number of carbonyl (C=O) groups excluding carboxylic acids is 1. The van der Waals surface area contributed by atoms with E-state index in [0.29, 0.717) is 12.2 Å². The van der Waals surface area contributed by atoms with Crippen LogP contribution in [0.1, 0.15) is 56.8 Å². The highest BCUT2D eigenvalue weighted by Gasteiger charge is 2.05. The average molecular weight is 276 g/mol. The van der Waals surface area contributed by atoms with Crippen LogP contribution in [-0.4, -0.2) is 18.2 Å². The zero-order chi connectivity index (χ0) is 14.8. The smallest absolute Gasteiger partial charge is 0.271 e. The number of hydrogen-bond donors (Lipinski definition) is 1. The van der Waals surface area contributed by atoms with Gasteiger partial charge in [0.15, 0.2) is 0 Å². The first-order valence-corrected chi connectivity index (χ1v) is 7.29. The Labute approximate surface area is 121 Å². The zero-order valence-corrected chi connectivity index (χ0v) is 12.6. The number of carbonyl (C=O) groups is 1. The Kier molecular flexibility index (Phi) is 7.40. The minimum atomic E-state index is -0.183. The SMILES string of the molecule is CCCC(CCC)=NNC(=O)c1ccc(OCC)cc1. The first kappa shape index (κ1) is 16.2. The molecule has 0 unspecified atom stereocenters. The molecule has 0 saturated heterocycles. The van der Waals surface area contributed by atoms with Gasteiger partial charge in [0.25, 0.3) is 5.91 Å². The van der Waals surface area contributed by atoms with Crippen molar-refractivity contribution < 1.29 is 9.53 Å². The molecule has 0 fully saturated rings. The van der Waals surface area contributed by atoms with Crippen LogP contribution < -0.4 is 10.2 Å². The second-order valence-corrected chi connectivity index (χ2v) is 4.58. The van der Waals surface area contributed by atoms with E-state index in [1.54, 1.807) is 24.3 Å². The predicted molar refractivity (Wildman–Crippen MR) is 82.3 cm³/mol. The fraction of sp³-hybridized carbons (Fsp3) is 0.500. The topological polar surface area (TPSA) is 50.7 Å². The van der Waals surface area contributed by atoms with Gasteiger partial charge in [-0.2, -0.15) is 5.10 Å². The number of nitrogens with one attached hydrogen (secondary N) is 1. The second-order valence-electron chi connectivity index (χ2n) is 4.58. The number of hydrazone groups is 1. The monoisotopic (exact) mass is 276 g/mol.